The summed E-state index contributed by atoms with van der Waals surface area (Å²) in [6.07, 6.45) is 2.63. The minimum absolute atomic E-state index is 0.103. The SMILES string of the molecule is CCN(CC(O)c1ccc(C)cc1)C(=O)c1cnn(CC)c1. The molecule has 1 atom stereocenters. The van der Waals surface area contributed by atoms with Gasteiger partial charge in [0.25, 0.3) is 5.91 Å². The van der Waals surface area contributed by atoms with Crippen LogP contribution >= 0.6 is 0 Å². The van der Waals surface area contributed by atoms with Crippen LogP contribution in [-0.2, 0) is 6.54 Å². The first-order chi connectivity index (χ1) is 10.5. The summed E-state index contributed by atoms with van der Waals surface area (Å²) in [4.78, 5) is 14.1. The molecule has 118 valence electrons. The van der Waals surface area contributed by atoms with E-state index in [0.717, 1.165) is 17.7 Å². The Morgan fingerprint density at radius 2 is 2.00 bits per heavy atom. The topological polar surface area (TPSA) is 58.4 Å². The zero-order valence-electron chi connectivity index (χ0n) is 13.4. The summed E-state index contributed by atoms with van der Waals surface area (Å²) in [6.45, 7) is 7.42. The van der Waals surface area contributed by atoms with Gasteiger partial charge in [-0.1, -0.05) is 29.8 Å². The van der Waals surface area contributed by atoms with Gasteiger partial charge in [-0.2, -0.15) is 5.10 Å². The zero-order valence-corrected chi connectivity index (χ0v) is 13.4. The second-order valence-electron chi connectivity index (χ2n) is 5.35. The van der Waals surface area contributed by atoms with Crippen LogP contribution in [-0.4, -0.2) is 38.8 Å². The maximum atomic E-state index is 12.5. The van der Waals surface area contributed by atoms with Crippen LogP contribution < -0.4 is 0 Å². The van der Waals surface area contributed by atoms with Crippen molar-refractivity contribution in [3.05, 3.63) is 53.3 Å². The maximum absolute atomic E-state index is 12.5. The Morgan fingerprint density at radius 1 is 1.32 bits per heavy atom. The van der Waals surface area contributed by atoms with Crippen LogP contribution in [0, 0.1) is 6.92 Å². The highest BCUT2D eigenvalue weighted by molar-refractivity contribution is 5.93. The Hall–Kier alpha value is -2.14. The second kappa shape index (κ2) is 7.22. The monoisotopic (exact) mass is 301 g/mol. The van der Waals surface area contributed by atoms with Crippen molar-refractivity contribution in [2.24, 2.45) is 0 Å². The lowest BCUT2D eigenvalue weighted by Crippen LogP contribution is -2.34. The van der Waals surface area contributed by atoms with Gasteiger partial charge < -0.3 is 10.0 Å². The molecule has 2 aromatic rings. The summed E-state index contributed by atoms with van der Waals surface area (Å²) < 4.78 is 1.72. The van der Waals surface area contributed by atoms with E-state index < -0.39 is 6.10 Å². The Balaban J connectivity index is 2.07. The summed E-state index contributed by atoms with van der Waals surface area (Å²) in [5.74, 6) is -0.103. The third-order valence-corrected chi connectivity index (χ3v) is 3.73. The van der Waals surface area contributed by atoms with Gasteiger partial charge in [-0.05, 0) is 26.3 Å². The lowest BCUT2D eigenvalue weighted by molar-refractivity contribution is 0.0635. The molecule has 1 amide bonds. The molecule has 0 saturated carbocycles. The van der Waals surface area contributed by atoms with Gasteiger partial charge in [0.1, 0.15) is 0 Å². The summed E-state index contributed by atoms with van der Waals surface area (Å²) in [6, 6.07) is 7.71. The molecule has 1 N–H and O–H groups in total. The number of aliphatic hydroxyl groups excluding tert-OH is 1. The number of nitrogens with zero attached hydrogens (tertiary/aromatic N) is 3. The standard InChI is InChI=1S/C17H23N3O2/c1-4-19(17(22)15-10-18-20(5-2)11-15)12-16(21)14-8-6-13(3)7-9-14/h6-11,16,21H,4-5,12H2,1-3H3. The number of aryl methyl sites for hydroxylation is 2. The fraction of sp³-hybridized carbons (Fsp3) is 0.412. The highest BCUT2D eigenvalue weighted by Crippen LogP contribution is 2.16. The van der Waals surface area contributed by atoms with E-state index in [9.17, 15) is 9.90 Å². The van der Waals surface area contributed by atoms with E-state index in [0.29, 0.717) is 12.1 Å². The van der Waals surface area contributed by atoms with E-state index in [-0.39, 0.29) is 12.5 Å². The van der Waals surface area contributed by atoms with Crippen molar-refractivity contribution < 1.29 is 9.90 Å². The number of aromatic nitrogens is 2. The number of carbonyl (C=O) groups excluding carboxylic acids is 1. The Kier molecular flexibility index (Phi) is 5.33. The minimum Gasteiger partial charge on any atom is -0.387 e. The summed E-state index contributed by atoms with van der Waals surface area (Å²) in [5, 5.41) is 14.5. The second-order valence-corrected chi connectivity index (χ2v) is 5.35. The Morgan fingerprint density at radius 3 is 2.55 bits per heavy atom. The number of aliphatic hydroxyl groups is 1. The quantitative estimate of drug-likeness (QED) is 0.891. The number of hydrogen-bond acceptors (Lipinski definition) is 3. The molecule has 0 radical (unpaired) electrons. The van der Waals surface area contributed by atoms with E-state index in [1.165, 1.54) is 0 Å². The molecule has 0 aliphatic carbocycles. The van der Waals surface area contributed by atoms with Gasteiger partial charge in [0, 0.05) is 19.3 Å². The van der Waals surface area contributed by atoms with Crippen LogP contribution in [0.15, 0.2) is 36.7 Å². The summed E-state index contributed by atoms with van der Waals surface area (Å²) >= 11 is 0. The van der Waals surface area contributed by atoms with Crippen LogP contribution in [0.2, 0.25) is 0 Å². The fourth-order valence-corrected chi connectivity index (χ4v) is 2.29. The first-order valence-corrected chi connectivity index (χ1v) is 7.61. The number of rotatable bonds is 6. The third kappa shape index (κ3) is 3.74. The fourth-order valence-electron chi connectivity index (χ4n) is 2.29. The minimum atomic E-state index is -0.689. The average Bonchev–Trinajstić information content (AvgIpc) is 3.01. The van der Waals surface area contributed by atoms with E-state index in [4.69, 9.17) is 0 Å². The van der Waals surface area contributed by atoms with Crippen molar-refractivity contribution in [3.63, 3.8) is 0 Å². The molecule has 1 aromatic carbocycles. The van der Waals surface area contributed by atoms with E-state index >= 15 is 0 Å². The lowest BCUT2D eigenvalue weighted by atomic mass is 10.1. The summed E-state index contributed by atoms with van der Waals surface area (Å²) in [7, 11) is 0. The van der Waals surface area contributed by atoms with E-state index in [2.05, 4.69) is 5.10 Å². The van der Waals surface area contributed by atoms with Crippen molar-refractivity contribution in [1.82, 2.24) is 14.7 Å². The molecule has 0 fully saturated rings. The van der Waals surface area contributed by atoms with E-state index in [1.807, 2.05) is 45.0 Å². The molecular weight excluding hydrogens is 278 g/mol. The maximum Gasteiger partial charge on any atom is 0.257 e. The van der Waals surface area contributed by atoms with Crippen LogP contribution in [0.5, 0.6) is 0 Å². The van der Waals surface area contributed by atoms with Crippen molar-refractivity contribution in [2.45, 2.75) is 33.4 Å². The predicted octanol–water partition coefficient (Wildman–Crippen LogP) is 2.41. The first-order valence-electron chi connectivity index (χ1n) is 7.61. The molecule has 0 aliphatic heterocycles. The number of hydrogen-bond donors (Lipinski definition) is 1. The zero-order chi connectivity index (χ0) is 16.1. The van der Waals surface area contributed by atoms with Crippen LogP contribution in [0.25, 0.3) is 0 Å². The number of amides is 1. The molecule has 5 heteroatoms. The molecule has 1 aromatic heterocycles. The normalized spacial score (nSPS) is 12.2. The van der Waals surface area contributed by atoms with Crippen molar-refractivity contribution >= 4 is 5.91 Å². The molecule has 0 bridgehead atoms. The van der Waals surface area contributed by atoms with Crippen molar-refractivity contribution in [1.29, 1.82) is 0 Å². The molecule has 0 aliphatic rings. The molecule has 22 heavy (non-hydrogen) atoms. The van der Waals surface area contributed by atoms with Gasteiger partial charge in [-0.15, -0.1) is 0 Å². The van der Waals surface area contributed by atoms with Gasteiger partial charge in [0.05, 0.1) is 24.4 Å². The van der Waals surface area contributed by atoms with Crippen LogP contribution in [0.4, 0.5) is 0 Å². The van der Waals surface area contributed by atoms with Crippen molar-refractivity contribution in [3.8, 4) is 0 Å². The highest BCUT2D eigenvalue weighted by atomic mass is 16.3. The van der Waals surface area contributed by atoms with Gasteiger partial charge in [0.15, 0.2) is 0 Å². The number of likely N-dealkylation sites (N-methyl/N-ethyl adjacent to an activating group) is 1. The number of benzene rings is 1. The average molecular weight is 301 g/mol. The lowest BCUT2D eigenvalue weighted by Gasteiger charge is -2.23. The highest BCUT2D eigenvalue weighted by Gasteiger charge is 2.19. The molecular formula is C17H23N3O2. The summed E-state index contributed by atoms with van der Waals surface area (Å²) in [5.41, 5.74) is 2.52. The predicted molar refractivity (Wildman–Crippen MR) is 85.6 cm³/mol. The molecule has 1 unspecified atom stereocenters. The number of carbonyl (C=O) groups is 1. The van der Waals surface area contributed by atoms with Gasteiger partial charge >= 0.3 is 0 Å². The molecule has 0 spiro atoms. The van der Waals surface area contributed by atoms with Crippen LogP contribution in [0.1, 0.15) is 41.4 Å². The smallest absolute Gasteiger partial charge is 0.257 e. The molecule has 0 saturated heterocycles. The Bertz CT molecular complexity index is 619. The molecule has 2 rings (SSSR count). The van der Waals surface area contributed by atoms with Gasteiger partial charge in [0.2, 0.25) is 0 Å². The molecule has 1 heterocycles. The van der Waals surface area contributed by atoms with E-state index in [1.54, 1.807) is 22.0 Å². The molecule has 5 nitrogen and oxygen atoms in total. The van der Waals surface area contributed by atoms with Crippen LogP contribution in [0.3, 0.4) is 0 Å². The van der Waals surface area contributed by atoms with Gasteiger partial charge in [-0.3, -0.25) is 9.48 Å². The Labute approximate surface area is 131 Å². The van der Waals surface area contributed by atoms with Crippen molar-refractivity contribution in [2.75, 3.05) is 13.1 Å². The third-order valence-electron chi connectivity index (χ3n) is 3.73. The first kappa shape index (κ1) is 16.2. The van der Waals surface area contributed by atoms with Gasteiger partial charge in [-0.25, -0.2) is 0 Å². The largest absolute Gasteiger partial charge is 0.387 e.